The van der Waals surface area contributed by atoms with Crippen molar-refractivity contribution in [1.82, 2.24) is 0 Å². The summed E-state index contributed by atoms with van der Waals surface area (Å²) in [5.74, 6) is 0.204. The first-order chi connectivity index (χ1) is 15.7. The molecule has 0 amide bonds. The molecule has 0 atom stereocenters. The number of benzene rings is 4. The molecule has 4 aromatic carbocycles. The minimum atomic E-state index is -1.18. The molecular weight excluding hydrogens is 496 g/mol. The predicted octanol–water partition coefficient (Wildman–Crippen LogP) is 6.32. The van der Waals surface area contributed by atoms with Crippen LogP contribution in [0.4, 0.5) is 5.69 Å². The summed E-state index contributed by atoms with van der Waals surface area (Å²) in [6.07, 6.45) is 1.88. The number of phenols is 1. The second kappa shape index (κ2) is 12.8. The van der Waals surface area contributed by atoms with E-state index in [1.54, 1.807) is 6.07 Å². The van der Waals surface area contributed by atoms with E-state index >= 15 is 0 Å². The van der Waals surface area contributed by atoms with Crippen LogP contribution in [-0.2, 0) is 13.4 Å². The standard InChI is InChI=1S/C26H22NOP.2ClH.Cr/c1-20-11-10-17-24(28)26(20)27-19-21-12-8-9-18-25(21)29(22-13-4-2-5-14-22)23-15-6-3-7-16-23;;;/h2-19,28H,1H3;2*1H;/q;;;+2/p-1. The van der Waals surface area contributed by atoms with Gasteiger partial charge in [0.1, 0.15) is 27.4 Å². The van der Waals surface area contributed by atoms with Crippen molar-refractivity contribution in [3.63, 3.8) is 0 Å². The summed E-state index contributed by atoms with van der Waals surface area (Å²) in [6.45, 7) is 1.96. The van der Waals surface area contributed by atoms with Crippen LogP contribution in [0.2, 0.25) is 0 Å². The van der Waals surface area contributed by atoms with Gasteiger partial charge in [-0.3, -0.25) is 4.99 Å². The monoisotopic (exact) mass is 518 g/mol. The zero-order valence-corrected chi connectivity index (χ0v) is 21.2. The first-order valence-corrected chi connectivity index (χ1v) is 15.0. The van der Waals surface area contributed by atoms with Gasteiger partial charge in [-0.05, 0) is 55.0 Å². The van der Waals surface area contributed by atoms with Crippen LogP contribution < -0.4 is 15.9 Å². The molecule has 0 spiro atoms. The van der Waals surface area contributed by atoms with Crippen molar-refractivity contribution in [3.05, 3.63) is 114 Å². The van der Waals surface area contributed by atoms with Gasteiger partial charge in [-0.25, -0.2) is 0 Å². The van der Waals surface area contributed by atoms with Crippen LogP contribution >= 0.6 is 28.0 Å². The summed E-state index contributed by atoms with van der Waals surface area (Å²) < 4.78 is 0. The first-order valence-electron chi connectivity index (χ1n) is 9.95. The van der Waals surface area contributed by atoms with E-state index in [9.17, 15) is 5.11 Å². The number of para-hydroxylation sites is 1. The Hall–Kier alpha value is -2.11. The molecule has 0 radical (unpaired) electrons. The summed E-state index contributed by atoms with van der Waals surface area (Å²) in [6, 6.07) is 35.3. The molecule has 162 valence electrons. The molecule has 32 heavy (non-hydrogen) atoms. The number of hydrogen-bond donors (Lipinski definition) is 1. The molecule has 0 saturated heterocycles. The van der Waals surface area contributed by atoms with Crippen LogP contribution in [0, 0.1) is 6.92 Å². The maximum atomic E-state index is 10.2. The van der Waals surface area contributed by atoms with E-state index < -0.39 is 7.92 Å². The quantitative estimate of drug-likeness (QED) is 0.243. The Balaban J connectivity index is 0.000000913. The Morgan fingerprint density at radius 3 is 1.84 bits per heavy atom. The van der Waals surface area contributed by atoms with Crippen molar-refractivity contribution in [2.75, 3.05) is 0 Å². The van der Waals surface area contributed by atoms with Gasteiger partial charge in [-0.2, -0.15) is 0 Å². The number of rotatable bonds is 5. The van der Waals surface area contributed by atoms with Gasteiger partial charge in [0.2, 0.25) is 0 Å². The van der Waals surface area contributed by atoms with E-state index in [-0.39, 0.29) is 19.1 Å². The van der Waals surface area contributed by atoms with Crippen LogP contribution in [0.3, 0.4) is 0 Å². The zero-order valence-electron chi connectivity index (χ0n) is 17.5. The molecule has 0 aliphatic carbocycles. The van der Waals surface area contributed by atoms with Crippen molar-refractivity contribution in [3.8, 4) is 5.75 Å². The molecule has 0 heterocycles. The number of aryl methyl sites for hydroxylation is 1. The molecule has 0 aliphatic heterocycles. The van der Waals surface area contributed by atoms with Crippen LogP contribution in [-0.4, -0.2) is 11.3 Å². The Kier molecular flexibility index (Phi) is 9.82. The van der Waals surface area contributed by atoms with Crippen molar-refractivity contribution in [2.24, 2.45) is 4.99 Å². The fourth-order valence-electron chi connectivity index (χ4n) is 3.47. The number of aromatic hydroxyl groups is 1. The third-order valence-corrected chi connectivity index (χ3v) is 7.72. The molecule has 0 bridgehead atoms. The molecule has 0 aromatic heterocycles. The van der Waals surface area contributed by atoms with Gasteiger partial charge in [0.05, 0.1) is 7.92 Å². The van der Waals surface area contributed by atoms with E-state index in [1.165, 1.54) is 15.9 Å². The van der Waals surface area contributed by atoms with Crippen LogP contribution in [0.25, 0.3) is 0 Å². The molecule has 0 fully saturated rings. The Morgan fingerprint density at radius 2 is 1.28 bits per heavy atom. The van der Waals surface area contributed by atoms with Gasteiger partial charge >= 0.3 is 33.5 Å². The fourth-order valence-corrected chi connectivity index (χ4v) is 6.18. The Bertz CT molecular complexity index is 1100. The van der Waals surface area contributed by atoms with Gasteiger partial charge in [0, 0.05) is 11.8 Å². The number of nitrogens with zero attached hydrogens (tertiary/aromatic N) is 1. The molecule has 0 aliphatic rings. The molecule has 2 nitrogen and oxygen atoms in total. The van der Waals surface area contributed by atoms with Gasteiger partial charge in [-0.1, -0.05) is 60.7 Å². The number of hydrogen-bond acceptors (Lipinski definition) is 2. The summed E-state index contributed by atoms with van der Waals surface area (Å²) in [5, 5.41) is 14.2. The van der Waals surface area contributed by atoms with Crippen LogP contribution in [0.15, 0.2) is 108 Å². The molecule has 1 N–H and O–H groups in total. The predicted molar refractivity (Wildman–Crippen MR) is 138 cm³/mol. The number of phenolic OH excluding ortho intramolecular Hbond substituents is 1. The molecular formula is C26H23Cl2CrNOP+. The summed E-state index contributed by atoms with van der Waals surface area (Å²) in [7, 11) is 8.47. The molecule has 4 rings (SSSR count). The van der Waals surface area contributed by atoms with Crippen molar-refractivity contribution < 1.29 is 18.5 Å². The zero-order chi connectivity index (χ0) is 22.8. The average molecular weight is 519 g/mol. The van der Waals surface area contributed by atoms with Gasteiger partial charge in [0.25, 0.3) is 0 Å². The summed E-state index contributed by atoms with van der Waals surface area (Å²) in [4.78, 5) is 4.65. The number of halogens is 2. The molecule has 6 heteroatoms. The number of aliphatic imine (C=N–C) groups is 1. The first kappa shape index (κ1) is 24.5. The fraction of sp³-hybridized carbons (Fsp3) is 0.0385. The van der Waals surface area contributed by atoms with Crippen LogP contribution in [0.5, 0.6) is 5.75 Å². The molecule has 0 unspecified atom stereocenters. The van der Waals surface area contributed by atoms with E-state index in [1.807, 2.05) is 31.3 Å². The van der Waals surface area contributed by atoms with Crippen molar-refractivity contribution >= 4 is 55.8 Å². The van der Waals surface area contributed by atoms with E-state index in [2.05, 4.69) is 83.9 Å². The summed E-state index contributed by atoms with van der Waals surface area (Å²) >= 11 is -0.181. The van der Waals surface area contributed by atoms with Gasteiger partial charge < -0.3 is 5.11 Å². The third kappa shape index (κ3) is 6.46. The maximum absolute atomic E-state index is 10.2. The summed E-state index contributed by atoms with van der Waals surface area (Å²) in [5.41, 5.74) is 2.66. The van der Waals surface area contributed by atoms with E-state index in [4.69, 9.17) is 20.1 Å². The second-order valence-corrected chi connectivity index (χ2v) is 11.5. The topological polar surface area (TPSA) is 32.6 Å². The van der Waals surface area contributed by atoms with Gasteiger partial charge in [-0.15, -0.1) is 0 Å². The van der Waals surface area contributed by atoms with E-state index in [0.717, 1.165) is 11.1 Å². The SMILES string of the molecule is Cc1cccc(O)c1N=Cc1ccccc1[PH+](c1ccccc1)c1ccccc1.[Cl][Cr][Cl]. The molecule has 0 saturated carbocycles. The normalized spacial score (nSPS) is 10.8. The second-order valence-electron chi connectivity index (χ2n) is 6.95. The van der Waals surface area contributed by atoms with Crippen molar-refractivity contribution in [2.45, 2.75) is 6.92 Å². The minimum absolute atomic E-state index is 0.181. The Morgan fingerprint density at radius 1 is 0.750 bits per heavy atom. The molecule has 4 aromatic rings. The third-order valence-electron chi connectivity index (χ3n) is 4.90. The van der Waals surface area contributed by atoms with Crippen LogP contribution in [0.1, 0.15) is 11.1 Å². The van der Waals surface area contributed by atoms with Crippen molar-refractivity contribution in [1.29, 1.82) is 0 Å². The average Bonchev–Trinajstić information content (AvgIpc) is 2.82. The Labute approximate surface area is 205 Å². The van der Waals surface area contributed by atoms with Gasteiger partial charge in [0.15, 0.2) is 0 Å². The van der Waals surface area contributed by atoms with E-state index in [0.29, 0.717) is 5.69 Å².